The zero-order valence-corrected chi connectivity index (χ0v) is 23.2. The van der Waals surface area contributed by atoms with Gasteiger partial charge < -0.3 is 14.2 Å². The first-order valence-electron chi connectivity index (χ1n) is 14.0. The zero-order chi connectivity index (χ0) is 26.3. The average molecular weight is 501 g/mol. The molecule has 2 rings (SSSR count). The van der Waals surface area contributed by atoms with E-state index < -0.39 is 12.2 Å². The SMILES string of the molecule is CCCCCCCC/C=C1\C[C@@H]([C@H](COCc2ccccc2)OC(=O)CC(C(C)C)C(C)C)OC1=O. The maximum absolute atomic E-state index is 12.9. The van der Waals surface area contributed by atoms with Crippen molar-refractivity contribution in [3.63, 3.8) is 0 Å². The van der Waals surface area contributed by atoms with Crippen LogP contribution in [0.4, 0.5) is 0 Å². The molecule has 0 N–H and O–H groups in total. The van der Waals surface area contributed by atoms with Crippen LogP contribution in [0.3, 0.4) is 0 Å². The van der Waals surface area contributed by atoms with Crippen molar-refractivity contribution < 1.29 is 23.8 Å². The Labute approximate surface area is 219 Å². The average Bonchev–Trinajstić information content (AvgIpc) is 3.21. The van der Waals surface area contributed by atoms with E-state index in [9.17, 15) is 9.59 Å². The highest BCUT2D eigenvalue weighted by Crippen LogP contribution is 2.28. The molecule has 0 radical (unpaired) electrons. The van der Waals surface area contributed by atoms with Crippen molar-refractivity contribution in [1.82, 2.24) is 0 Å². The van der Waals surface area contributed by atoms with Gasteiger partial charge in [-0.25, -0.2) is 4.79 Å². The van der Waals surface area contributed by atoms with Crippen molar-refractivity contribution in [3.05, 3.63) is 47.5 Å². The lowest BCUT2D eigenvalue weighted by Gasteiger charge is -2.27. The molecule has 0 spiro atoms. The van der Waals surface area contributed by atoms with Crippen LogP contribution in [0.2, 0.25) is 0 Å². The summed E-state index contributed by atoms with van der Waals surface area (Å²) < 4.78 is 17.5. The highest BCUT2D eigenvalue weighted by atomic mass is 16.6. The van der Waals surface area contributed by atoms with E-state index in [0.29, 0.717) is 36.9 Å². The van der Waals surface area contributed by atoms with E-state index in [1.54, 1.807) is 0 Å². The van der Waals surface area contributed by atoms with Gasteiger partial charge in [0.1, 0.15) is 6.10 Å². The van der Waals surface area contributed by atoms with Crippen molar-refractivity contribution in [3.8, 4) is 0 Å². The molecular weight excluding hydrogens is 452 g/mol. The molecule has 1 aliphatic rings. The first-order valence-corrected chi connectivity index (χ1v) is 14.0. The largest absolute Gasteiger partial charge is 0.456 e. The predicted molar refractivity (Wildman–Crippen MR) is 144 cm³/mol. The Kier molecular flexibility index (Phi) is 13.9. The second-order valence-corrected chi connectivity index (χ2v) is 10.8. The molecule has 2 atom stereocenters. The molecule has 5 nitrogen and oxygen atoms in total. The number of carbonyl (C=O) groups excluding carboxylic acids is 2. The van der Waals surface area contributed by atoms with E-state index in [1.807, 2.05) is 36.4 Å². The number of benzene rings is 1. The van der Waals surface area contributed by atoms with Crippen molar-refractivity contribution in [2.45, 2.75) is 111 Å². The van der Waals surface area contributed by atoms with E-state index >= 15 is 0 Å². The summed E-state index contributed by atoms with van der Waals surface area (Å²) in [4.78, 5) is 25.5. The number of hydrogen-bond donors (Lipinski definition) is 0. The fourth-order valence-electron chi connectivity index (χ4n) is 4.86. The summed E-state index contributed by atoms with van der Waals surface area (Å²) >= 11 is 0. The molecule has 0 amide bonds. The van der Waals surface area contributed by atoms with Crippen molar-refractivity contribution in [2.24, 2.45) is 17.8 Å². The fraction of sp³-hybridized carbons (Fsp3) is 0.677. The molecule has 0 unspecified atom stereocenters. The van der Waals surface area contributed by atoms with Gasteiger partial charge in [-0.05, 0) is 36.2 Å². The van der Waals surface area contributed by atoms with Crippen molar-refractivity contribution in [2.75, 3.05) is 6.61 Å². The molecule has 1 saturated heterocycles. The molecule has 1 heterocycles. The lowest BCUT2D eigenvalue weighted by molar-refractivity contribution is -0.167. The highest BCUT2D eigenvalue weighted by Gasteiger charge is 2.37. The minimum Gasteiger partial charge on any atom is -0.456 e. The van der Waals surface area contributed by atoms with Crippen LogP contribution in [0, 0.1) is 17.8 Å². The summed E-state index contributed by atoms with van der Waals surface area (Å²) in [5.41, 5.74) is 1.74. The van der Waals surface area contributed by atoms with Gasteiger partial charge in [-0.3, -0.25) is 4.79 Å². The van der Waals surface area contributed by atoms with Crippen LogP contribution in [0.25, 0.3) is 0 Å². The Balaban J connectivity index is 1.97. The molecule has 0 bridgehead atoms. The summed E-state index contributed by atoms with van der Waals surface area (Å²) in [6.07, 6.45) is 9.89. The van der Waals surface area contributed by atoms with Gasteiger partial charge in [0.25, 0.3) is 0 Å². The number of cyclic esters (lactones) is 1. The lowest BCUT2D eigenvalue weighted by atomic mass is 9.83. The van der Waals surface area contributed by atoms with Gasteiger partial charge in [0.05, 0.1) is 13.2 Å². The predicted octanol–water partition coefficient (Wildman–Crippen LogP) is 7.43. The molecule has 5 heteroatoms. The smallest absolute Gasteiger partial charge is 0.334 e. The van der Waals surface area contributed by atoms with Crippen LogP contribution in [0.1, 0.15) is 98.0 Å². The van der Waals surface area contributed by atoms with Gasteiger partial charge in [0.2, 0.25) is 0 Å². The summed E-state index contributed by atoms with van der Waals surface area (Å²) in [6.45, 7) is 11.4. The van der Waals surface area contributed by atoms with Gasteiger partial charge in [-0.2, -0.15) is 0 Å². The van der Waals surface area contributed by atoms with Crippen LogP contribution in [-0.2, 0) is 30.4 Å². The van der Waals surface area contributed by atoms with Gasteiger partial charge >= 0.3 is 11.9 Å². The highest BCUT2D eigenvalue weighted by molar-refractivity contribution is 5.90. The van der Waals surface area contributed by atoms with Crippen LogP contribution in [-0.4, -0.2) is 30.8 Å². The van der Waals surface area contributed by atoms with Crippen LogP contribution in [0.15, 0.2) is 42.0 Å². The quantitative estimate of drug-likeness (QED) is 0.126. The standard InChI is InChI=1S/C31H48O5/c1-6-7-8-9-10-11-15-18-26-19-28(36-31(26)33)29(22-34-21-25-16-13-12-14-17-25)35-30(32)20-27(23(2)3)24(4)5/h12-14,16-18,23-24,27-29H,6-11,15,19-22H2,1-5H3/b26-18+/t28-,29-/m0/s1. The number of ether oxygens (including phenoxy) is 3. The molecule has 1 fully saturated rings. The van der Waals surface area contributed by atoms with Crippen LogP contribution >= 0.6 is 0 Å². The van der Waals surface area contributed by atoms with Gasteiger partial charge in [0, 0.05) is 18.4 Å². The van der Waals surface area contributed by atoms with Crippen molar-refractivity contribution in [1.29, 1.82) is 0 Å². The van der Waals surface area contributed by atoms with E-state index in [2.05, 4.69) is 34.6 Å². The second kappa shape index (κ2) is 16.6. The lowest BCUT2D eigenvalue weighted by Crippen LogP contribution is -2.36. The Hall–Kier alpha value is -2.14. The van der Waals surface area contributed by atoms with Gasteiger partial charge in [-0.15, -0.1) is 0 Å². The van der Waals surface area contributed by atoms with E-state index in [-0.39, 0.29) is 24.5 Å². The number of esters is 2. The zero-order valence-electron chi connectivity index (χ0n) is 23.2. The maximum Gasteiger partial charge on any atom is 0.334 e. The maximum atomic E-state index is 12.9. The van der Waals surface area contributed by atoms with E-state index in [1.165, 1.54) is 32.1 Å². The Morgan fingerprint density at radius 1 is 1.03 bits per heavy atom. The topological polar surface area (TPSA) is 61.8 Å². The number of unbranched alkanes of at least 4 members (excludes halogenated alkanes) is 6. The third kappa shape index (κ3) is 10.9. The number of rotatable bonds is 17. The Morgan fingerprint density at radius 2 is 1.69 bits per heavy atom. The van der Waals surface area contributed by atoms with Crippen LogP contribution < -0.4 is 0 Å². The van der Waals surface area contributed by atoms with Gasteiger partial charge in [-0.1, -0.05) is 103 Å². The second-order valence-electron chi connectivity index (χ2n) is 10.8. The monoisotopic (exact) mass is 500 g/mol. The summed E-state index contributed by atoms with van der Waals surface area (Å²) in [5, 5.41) is 0. The van der Waals surface area contributed by atoms with Gasteiger partial charge in [0.15, 0.2) is 6.10 Å². The molecule has 1 aromatic rings. The van der Waals surface area contributed by atoms with E-state index in [0.717, 1.165) is 18.4 Å². The third-order valence-corrected chi connectivity index (χ3v) is 7.10. The van der Waals surface area contributed by atoms with Crippen LogP contribution in [0.5, 0.6) is 0 Å². The first kappa shape index (κ1) is 30.1. The number of carbonyl (C=O) groups is 2. The minimum atomic E-state index is -0.620. The minimum absolute atomic E-state index is 0.192. The Morgan fingerprint density at radius 3 is 2.36 bits per heavy atom. The number of allylic oxidation sites excluding steroid dienone is 1. The Bertz CT molecular complexity index is 790. The molecule has 1 aromatic carbocycles. The summed E-state index contributed by atoms with van der Waals surface area (Å²) in [5.74, 6) is 0.452. The fourth-order valence-corrected chi connectivity index (χ4v) is 4.86. The number of hydrogen-bond acceptors (Lipinski definition) is 5. The molecule has 1 aliphatic heterocycles. The molecule has 202 valence electrons. The van der Waals surface area contributed by atoms with Crippen molar-refractivity contribution >= 4 is 11.9 Å². The molecule has 36 heavy (non-hydrogen) atoms. The third-order valence-electron chi connectivity index (χ3n) is 7.10. The normalized spacial score (nSPS) is 17.8. The summed E-state index contributed by atoms with van der Waals surface area (Å²) in [7, 11) is 0. The molecule has 0 aliphatic carbocycles. The molecule has 0 aromatic heterocycles. The molecular formula is C31H48O5. The summed E-state index contributed by atoms with van der Waals surface area (Å²) in [6, 6.07) is 9.89. The van der Waals surface area contributed by atoms with E-state index in [4.69, 9.17) is 14.2 Å². The molecule has 0 saturated carbocycles. The first-order chi connectivity index (χ1) is 17.3.